The van der Waals surface area contributed by atoms with Crippen LogP contribution >= 0.6 is 11.6 Å². The van der Waals surface area contributed by atoms with Crippen molar-refractivity contribution in [3.05, 3.63) is 52.3 Å². The van der Waals surface area contributed by atoms with Gasteiger partial charge in [-0.3, -0.25) is 9.59 Å². The number of amides is 2. The fourth-order valence-electron chi connectivity index (χ4n) is 2.54. The third-order valence-electron chi connectivity index (χ3n) is 3.60. The van der Waals surface area contributed by atoms with E-state index in [2.05, 4.69) is 15.8 Å². The number of hydrazone groups is 1. The lowest BCUT2D eigenvalue weighted by molar-refractivity contribution is -0.140. The van der Waals surface area contributed by atoms with Crippen molar-refractivity contribution in [1.29, 1.82) is 0 Å². The minimum Gasteiger partial charge on any atom is -0.343 e. The summed E-state index contributed by atoms with van der Waals surface area (Å²) in [5, 5.41) is 7.13. The van der Waals surface area contributed by atoms with E-state index in [9.17, 15) is 9.59 Å². The molecule has 0 atom stereocenters. The van der Waals surface area contributed by atoms with E-state index in [1.54, 1.807) is 20.8 Å². The van der Waals surface area contributed by atoms with Gasteiger partial charge in [0.05, 0.1) is 6.21 Å². The number of aryl methyl sites for hydroxylation is 1. The predicted molar refractivity (Wildman–Crippen MR) is 104 cm³/mol. The Bertz CT molecular complexity index is 863. The molecular weight excluding hydrogens is 352 g/mol. The number of halogens is 1. The standard InChI is InChI=1S/C19H23ClN4O2/c1-12-9-14(11-21-23-18(26)17(25)22-19(3,4)5)13(2)24(12)16-8-6-7-15(20)10-16/h6-11H,1-5H3,(H,22,25)(H,23,26)/b21-11-. The maximum absolute atomic E-state index is 11.8. The summed E-state index contributed by atoms with van der Waals surface area (Å²) in [5.41, 5.74) is 5.49. The van der Waals surface area contributed by atoms with Crippen LogP contribution in [-0.4, -0.2) is 28.1 Å². The Morgan fingerprint density at radius 2 is 1.85 bits per heavy atom. The Hall–Kier alpha value is -2.60. The van der Waals surface area contributed by atoms with Gasteiger partial charge in [-0.25, -0.2) is 5.43 Å². The molecule has 7 heteroatoms. The van der Waals surface area contributed by atoms with E-state index in [0.29, 0.717) is 5.02 Å². The van der Waals surface area contributed by atoms with Crippen molar-refractivity contribution >= 4 is 29.6 Å². The molecule has 1 aromatic heterocycles. The Balaban J connectivity index is 2.14. The number of aromatic nitrogens is 1. The van der Waals surface area contributed by atoms with Gasteiger partial charge >= 0.3 is 11.8 Å². The van der Waals surface area contributed by atoms with Crippen molar-refractivity contribution in [1.82, 2.24) is 15.3 Å². The second-order valence-corrected chi connectivity index (χ2v) is 7.48. The van der Waals surface area contributed by atoms with Gasteiger partial charge in [0.2, 0.25) is 0 Å². The first-order chi connectivity index (χ1) is 12.1. The molecule has 138 valence electrons. The number of benzene rings is 1. The molecule has 0 saturated carbocycles. The summed E-state index contributed by atoms with van der Waals surface area (Å²) in [7, 11) is 0. The number of nitrogens with one attached hydrogen (secondary N) is 2. The fraction of sp³-hybridized carbons (Fsp3) is 0.316. The molecule has 2 aromatic rings. The molecule has 0 spiro atoms. The van der Waals surface area contributed by atoms with E-state index in [4.69, 9.17) is 11.6 Å². The fourth-order valence-corrected chi connectivity index (χ4v) is 2.72. The van der Waals surface area contributed by atoms with Gasteiger partial charge in [-0.15, -0.1) is 0 Å². The van der Waals surface area contributed by atoms with Gasteiger partial charge in [-0.2, -0.15) is 5.10 Å². The first-order valence-electron chi connectivity index (χ1n) is 8.19. The van der Waals surface area contributed by atoms with Crippen molar-refractivity contribution in [2.75, 3.05) is 0 Å². The van der Waals surface area contributed by atoms with Gasteiger partial charge in [0, 0.05) is 33.2 Å². The average Bonchev–Trinajstić information content (AvgIpc) is 2.79. The summed E-state index contributed by atoms with van der Waals surface area (Å²) in [6.45, 7) is 9.31. The second kappa shape index (κ2) is 7.74. The van der Waals surface area contributed by atoms with Crippen LogP contribution in [-0.2, 0) is 9.59 Å². The zero-order valence-electron chi connectivity index (χ0n) is 15.6. The molecule has 26 heavy (non-hydrogen) atoms. The molecule has 2 rings (SSSR count). The van der Waals surface area contributed by atoms with E-state index in [1.165, 1.54) is 6.21 Å². The molecule has 0 aliphatic carbocycles. The Morgan fingerprint density at radius 1 is 1.15 bits per heavy atom. The topological polar surface area (TPSA) is 75.5 Å². The predicted octanol–water partition coefficient (Wildman–Crippen LogP) is 3.11. The van der Waals surface area contributed by atoms with Crippen molar-refractivity contribution in [3.63, 3.8) is 0 Å². The van der Waals surface area contributed by atoms with Gasteiger partial charge in [0.1, 0.15) is 0 Å². The van der Waals surface area contributed by atoms with E-state index in [1.807, 2.05) is 48.7 Å². The third kappa shape index (κ3) is 4.95. The SMILES string of the molecule is Cc1cc(/C=N\NC(=O)C(=O)NC(C)(C)C)c(C)n1-c1cccc(Cl)c1. The molecule has 0 fully saturated rings. The maximum Gasteiger partial charge on any atom is 0.329 e. The second-order valence-electron chi connectivity index (χ2n) is 7.05. The monoisotopic (exact) mass is 374 g/mol. The van der Waals surface area contributed by atoms with Gasteiger partial charge in [-0.05, 0) is 58.9 Å². The number of carbonyl (C=O) groups is 2. The van der Waals surface area contributed by atoms with E-state index >= 15 is 0 Å². The van der Waals surface area contributed by atoms with Crippen molar-refractivity contribution in [2.24, 2.45) is 5.10 Å². The van der Waals surface area contributed by atoms with Crippen LogP contribution in [0.15, 0.2) is 35.4 Å². The molecule has 1 heterocycles. The minimum absolute atomic E-state index is 0.486. The molecule has 0 radical (unpaired) electrons. The number of hydrogen-bond acceptors (Lipinski definition) is 3. The third-order valence-corrected chi connectivity index (χ3v) is 3.84. The van der Waals surface area contributed by atoms with Gasteiger partial charge in [0.25, 0.3) is 0 Å². The summed E-state index contributed by atoms with van der Waals surface area (Å²) in [4.78, 5) is 23.5. The highest BCUT2D eigenvalue weighted by atomic mass is 35.5. The minimum atomic E-state index is -0.806. The highest BCUT2D eigenvalue weighted by molar-refractivity contribution is 6.35. The van der Waals surface area contributed by atoms with Gasteiger partial charge in [-0.1, -0.05) is 17.7 Å². The number of nitrogens with zero attached hydrogens (tertiary/aromatic N) is 2. The Kier molecular flexibility index (Phi) is 5.87. The Morgan fingerprint density at radius 3 is 2.46 bits per heavy atom. The quantitative estimate of drug-likeness (QED) is 0.492. The summed E-state index contributed by atoms with van der Waals surface area (Å²) < 4.78 is 2.04. The van der Waals surface area contributed by atoms with E-state index < -0.39 is 17.4 Å². The summed E-state index contributed by atoms with van der Waals surface area (Å²) in [6, 6.07) is 9.49. The number of hydrogen-bond donors (Lipinski definition) is 2. The van der Waals surface area contributed by atoms with E-state index in [-0.39, 0.29) is 0 Å². The highest BCUT2D eigenvalue weighted by Crippen LogP contribution is 2.22. The molecule has 2 amide bonds. The summed E-state index contributed by atoms with van der Waals surface area (Å²) >= 11 is 6.08. The van der Waals surface area contributed by atoms with Crippen LogP contribution in [0.25, 0.3) is 5.69 Å². The van der Waals surface area contributed by atoms with Crippen LogP contribution in [0.2, 0.25) is 5.02 Å². The van der Waals surface area contributed by atoms with Crippen molar-refractivity contribution in [3.8, 4) is 5.69 Å². The Labute approximate surface area is 158 Å². The summed E-state index contributed by atoms with van der Waals surface area (Å²) in [6.07, 6.45) is 1.52. The van der Waals surface area contributed by atoms with Gasteiger partial charge in [0.15, 0.2) is 0 Å². The molecule has 0 bridgehead atoms. The molecule has 0 saturated heterocycles. The molecule has 0 aliphatic heterocycles. The average molecular weight is 375 g/mol. The normalized spacial score (nSPS) is 11.6. The van der Waals surface area contributed by atoms with Crippen LogP contribution < -0.4 is 10.7 Å². The van der Waals surface area contributed by atoms with Crippen LogP contribution in [0, 0.1) is 13.8 Å². The first kappa shape index (κ1) is 19.7. The molecule has 1 aromatic carbocycles. The lowest BCUT2D eigenvalue weighted by atomic mass is 10.1. The number of rotatable bonds is 3. The lowest BCUT2D eigenvalue weighted by Crippen LogP contribution is -2.47. The summed E-state index contributed by atoms with van der Waals surface area (Å²) in [5.74, 6) is -1.53. The van der Waals surface area contributed by atoms with Crippen molar-refractivity contribution < 1.29 is 9.59 Å². The van der Waals surface area contributed by atoms with Crippen LogP contribution in [0.3, 0.4) is 0 Å². The maximum atomic E-state index is 11.8. The molecular formula is C19H23ClN4O2. The van der Waals surface area contributed by atoms with E-state index in [0.717, 1.165) is 22.6 Å². The number of carbonyl (C=O) groups excluding carboxylic acids is 2. The van der Waals surface area contributed by atoms with Crippen molar-refractivity contribution in [2.45, 2.75) is 40.2 Å². The first-order valence-corrected chi connectivity index (χ1v) is 8.57. The highest BCUT2D eigenvalue weighted by Gasteiger charge is 2.19. The largest absolute Gasteiger partial charge is 0.343 e. The molecule has 2 N–H and O–H groups in total. The molecule has 0 aliphatic rings. The van der Waals surface area contributed by atoms with Crippen LogP contribution in [0.5, 0.6) is 0 Å². The zero-order valence-corrected chi connectivity index (χ0v) is 16.3. The van der Waals surface area contributed by atoms with Crippen LogP contribution in [0.1, 0.15) is 37.7 Å². The zero-order chi connectivity index (χ0) is 19.5. The molecule has 0 unspecified atom stereocenters. The lowest BCUT2D eigenvalue weighted by Gasteiger charge is -2.19. The molecule has 6 nitrogen and oxygen atoms in total. The van der Waals surface area contributed by atoms with Crippen LogP contribution in [0.4, 0.5) is 0 Å². The van der Waals surface area contributed by atoms with Gasteiger partial charge < -0.3 is 9.88 Å². The smallest absolute Gasteiger partial charge is 0.329 e.